The van der Waals surface area contributed by atoms with Crippen molar-refractivity contribution in [1.82, 2.24) is 10.2 Å². The molecule has 0 aromatic heterocycles. The molecule has 1 N–H and O–H groups in total. The molecule has 1 saturated carbocycles. The molecule has 1 aromatic rings. The molecule has 1 aromatic carbocycles. The Morgan fingerprint density at radius 1 is 1.14 bits per heavy atom. The number of nitrogens with zero attached hydrogens (tertiary/aromatic N) is 1. The van der Waals surface area contributed by atoms with Crippen molar-refractivity contribution < 1.29 is 4.39 Å². The zero-order chi connectivity index (χ0) is 13.2. The summed E-state index contributed by atoms with van der Waals surface area (Å²) in [6, 6.07) is 5.74. The summed E-state index contributed by atoms with van der Waals surface area (Å²) in [4.78, 5) is 2.53. The first-order valence-corrected chi connectivity index (χ1v) is 7.94. The summed E-state index contributed by atoms with van der Waals surface area (Å²) in [6.45, 7) is 4.21. The Kier molecular flexibility index (Phi) is 7.93. The van der Waals surface area contributed by atoms with Crippen LogP contribution in [0.3, 0.4) is 0 Å². The molecule has 0 bridgehead atoms. The molecule has 1 atom stereocenters. The van der Waals surface area contributed by atoms with E-state index in [1.807, 2.05) is 0 Å². The third-order valence-electron chi connectivity index (χ3n) is 4.37. The number of hydrogen-bond donors (Lipinski definition) is 1. The van der Waals surface area contributed by atoms with Crippen LogP contribution in [0.25, 0.3) is 0 Å². The van der Waals surface area contributed by atoms with Crippen LogP contribution in [0.1, 0.15) is 30.9 Å². The minimum atomic E-state index is -0.135. The fourth-order valence-electron chi connectivity index (χ4n) is 3.24. The Morgan fingerprint density at radius 3 is 2.33 bits per heavy atom. The van der Waals surface area contributed by atoms with Gasteiger partial charge in [0.2, 0.25) is 0 Å². The maximum Gasteiger partial charge on any atom is 0.124 e. The minimum absolute atomic E-state index is 0. The molecule has 21 heavy (non-hydrogen) atoms. The fourth-order valence-corrected chi connectivity index (χ4v) is 3.73. The highest BCUT2D eigenvalue weighted by atomic mass is 79.9. The van der Waals surface area contributed by atoms with E-state index < -0.39 is 0 Å². The molecule has 2 fully saturated rings. The topological polar surface area (TPSA) is 15.3 Å². The molecule has 0 radical (unpaired) electrons. The van der Waals surface area contributed by atoms with Crippen molar-refractivity contribution in [3.05, 3.63) is 34.1 Å². The minimum Gasteiger partial charge on any atom is -0.314 e. The van der Waals surface area contributed by atoms with Crippen molar-refractivity contribution in [1.29, 1.82) is 0 Å². The van der Waals surface area contributed by atoms with Crippen LogP contribution < -0.4 is 5.32 Å². The number of rotatable bonds is 3. The molecule has 0 spiro atoms. The molecule has 120 valence electrons. The summed E-state index contributed by atoms with van der Waals surface area (Å²) in [5.41, 5.74) is 1.14. The monoisotopic (exact) mass is 398 g/mol. The van der Waals surface area contributed by atoms with Crippen LogP contribution in [0.5, 0.6) is 0 Å². The van der Waals surface area contributed by atoms with Crippen LogP contribution >= 0.6 is 40.7 Å². The Bertz CT molecular complexity index is 431. The lowest BCUT2D eigenvalue weighted by atomic mass is 9.76. The van der Waals surface area contributed by atoms with Crippen molar-refractivity contribution >= 4 is 40.7 Å². The lowest BCUT2D eigenvalue weighted by Crippen LogP contribution is -2.47. The van der Waals surface area contributed by atoms with Gasteiger partial charge in [-0.3, -0.25) is 4.90 Å². The summed E-state index contributed by atoms with van der Waals surface area (Å²) < 4.78 is 14.5. The van der Waals surface area contributed by atoms with Gasteiger partial charge in [0.15, 0.2) is 0 Å². The van der Waals surface area contributed by atoms with E-state index in [0.29, 0.717) is 12.0 Å². The van der Waals surface area contributed by atoms with E-state index >= 15 is 0 Å². The first kappa shape index (κ1) is 19.2. The lowest BCUT2D eigenvalue weighted by Gasteiger charge is -2.43. The maximum absolute atomic E-state index is 13.7. The van der Waals surface area contributed by atoms with Crippen LogP contribution in [0.15, 0.2) is 22.7 Å². The van der Waals surface area contributed by atoms with Crippen LogP contribution in [-0.2, 0) is 0 Å². The highest BCUT2D eigenvalue weighted by Crippen LogP contribution is 2.42. The number of nitrogens with one attached hydrogen (secondary N) is 1. The molecule has 0 amide bonds. The standard InChI is InChI=1S/C15H20BrFN2.2ClH/c16-13-8-12(9-14(17)10-13)15(11-2-1-3-11)19-6-4-18-5-7-19;;/h8-11,15,18H,1-7H2;2*1H/t15-;;/m0../s1. The highest BCUT2D eigenvalue weighted by Gasteiger charge is 2.33. The third kappa shape index (κ3) is 4.55. The maximum atomic E-state index is 13.7. The fraction of sp³-hybridized carbons (Fsp3) is 0.600. The smallest absolute Gasteiger partial charge is 0.124 e. The van der Waals surface area contributed by atoms with Crippen LogP contribution in [0.4, 0.5) is 4.39 Å². The summed E-state index contributed by atoms with van der Waals surface area (Å²) >= 11 is 3.42. The quantitative estimate of drug-likeness (QED) is 0.820. The molecule has 1 saturated heterocycles. The second kappa shape index (κ2) is 8.68. The van der Waals surface area contributed by atoms with Gasteiger partial charge in [-0.15, -0.1) is 24.8 Å². The Hall–Kier alpha value is 0.130. The third-order valence-corrected chi connectivity index (χ3v) is 4.83. The van der Waals surface area contributed by atoms with Crippen LogP contribution in [0.2, 0.25) is 0 Å². The van der Waals surface area contributed by atoms with Crippen molar-refractivity contribution in [2.24, 2.45) is 5.92 Å². The van der Waals surface area contributed by atoms with Crippen molar-refractivity contribution in [3.63, 3.8) is 0 Å². The zero-order valence-electron chi connectivity index (χ0n) is 11.9. The van der Waals surface area contributed by atoms with Gasteiger partial charge >= 0.3 is 0 Å². The first-order chi connectivity index (χ1) is 9.24. The predicted molar refractivity (Wildman–Crippen MR) is 93.1 cm³/mol. The van der Waals surface area contributed by atoms with Gasteiger partial charge in [-0.1, -0.05) is 22.4 Å². The van der Waals surface area contributed by atoms with Crippen LogP contribution in [-0.4, -0.2) is 31.1 Å². The summed E-state index contributed by atoms with van der Waals surface area (Å²) in [6.07, 6.45) is 3.88. The first-order valence-electron chi connectivity index (χ1n) is 7.15. The molecular formula is C15H22BrCl2FN2. The molecule has 0 unspecified atom stereocenters. The number of benzene rings is 1. The predicted octanol–water partition coefficient (Wildman–Crippen LogP) is 4.18. The molecule has 6 heteroatoms. The van der Waals surface area contributed by atoms with E-state index in [0.717, 1.165) is 36.2 Å². The Balaban J connectivity index is 0.00000110. The van der Waals surface area contributed by atoms with Gasteiger partial charge in [0, 0.05) is 36.7 Å². The van der Waals surface area contributed by atoms with Crippen molar-refractivity contribution in [3.8, 4) is 0 Å². The normalized spacial score (nSPS) is 20.9. The summed E-state index contributed by atoms with van der Waals surface area (Å²) in [5.74, 6) is 0.565. The molecular weight excluding hydrogens is 378 g/mol. The Labute approximate surface area is 146 Å². The molecule has 3 rings (SSSR count). The zero-order valence-corrected chi connectivity index (χ0v) is 15.1. The second-order valence-electron chi connectivity index (χ2n) is 5.62. The van der Waals surface area contributed by atoms with E-state index in [4.69, 9.17) is 0 Å². The van der Waals surface area contributed by atoms with Gasteiger partial charge in [0.05, 0.1) is 0 Å². The molecule has 1 heterocycles. The molecule has 1 aliphatic carbocycles. The molecule has 2 nitrogen and oxygen atoms in total. The van der Waals surface area contributed by atoms with E-state index in [2.05, 4.69) is 32.2 Å². The van der Waals surface area contributed by atoms with Gasteiger partial charge in [0.1, 0.15) is 5.82 Å². The van der Waals surface area contributed by atoms with E-state index in [1.165, 1.54) is 19.3 Å². The van der Waals surface area contributed by atoms with Gasteiger partial charge in [-0.25, -0.2) is 4.39 Å². The number of piperazine rings is 1. The summed E-state index contributed by atoms with van der Waals surface area (Å²) in [7, 11) is 0. The SMILES string of the molecule is Cl.Cl.Fc1cc(Br)cc([C@H](C2CCC2)N2CCNCC2)c1. The molecule has 2 aliphatic rings. The van der Waals surface area contributed by atoms with E-state index in [-0.39, 0.29) is 30.6 Å². The van der Waals surface area contributed by atoms with Gasteiger partial charge in [-0.2, -0.15) is 0 Å². The van der Waals surface area contributed by atoms with Gasteiger partial charge in [-0.05, 0) is 42.5 Å². The average Bonchev–Trinajstić information content (AvgIpc) is 2.33. The van der Waals surface area contributed by atoms with Gasteiger partial charge < -0.3 is 5.32 Å². The highest BCUT2D eigenvalue weighted by molar-refractivity contribution is 9.10. The molecule has 1 aliphatic heterocycles. The largest absolute Gasteiger partial charge is 0.314 e. The Morgan fingerprint density at radius 2 is 1.81 bits per heavy atom. The summed E-state index contributed by atoms with van der Waals surface area (Å²) in [5, 5.41) is 3.39. The van der Waals surface area contributed by atoms with Gasteiger partial charge in [0.25, 0.3) is 0 Å². The van der Waals surface area contributed by atoms with E-state index in [9.17, 15) is 4.39 Å². The number of hydrogen-bond acceptors (Lipinski definition) is 2. The average molecular weight is 400 g/mol. The van der Waals surface area contributed by atoms with Crippen molar-refractivity contribution in [2.45, 2.75) is 25.3 Å². The van der Waals surface area contributed by atoms with Crippen LogP contribution in [0, 0.1) is 11.7 Å². The number of halogens is 4. The lowest BCUT2D eigenvalue weighted by molar-refractivity contribution is 0.0835. The van der Waals surface area contributed by atoms with E-state index in [1.54, 1.807) is 12.1 Å². The second-order valence-corrected chi connectivity index (χ2v) is 6.54. The van der Waals surface area contributed by atoms with Crippen molar-refractivity contribution in [2.75, 3.05) is 26.2 Å².